The van der Waals surface area contributed by atoms with E-state index in [-0.39, 0.29) is 5.91 Å². The molecule has 1 aromatic heterocycles. The van der Waals surface area contributed by atoms with Crippen LogP contribution in [0.15, 0.2) is 22.6 Å². The number of amides is 1. The summed E-state index contributed by atoms with van der Waals surface area (Å²) in [7, 11) is 0. The Balaban J connectivity index is 1.88. The maximum Gasteiger partial charge on any atom is 0.254 e. The first kappa shape index (κ1) is 12.2. The van der Waals surface area contributed by atoms with Gasteiger partial charge in [0.1, 0.15) is 5.52 Å². The maximum absolute atomic E-state index is 12.4. The molecular weight excluding hydrogens is 244 g/mol. The van der Waals surface area contributed by atoms with E-state index < -0.39 is 6.10 Å². The minimum Gasteiger partial charge on any atom is -0.441 e. The number of aryl methyl sites for hydroxylation is 1. The second-order valence-electron chi connectivity index (χ2n) is 4.96. The fourth-order valence-corrected chi connectivity index (χ4v) is 2.50. The number of oxazole rings is 1. The van der Waals surface area contributed by atoms with Crippen molar-refractivity contribution in [2.75, 3.05) is 13.1 Å². The van der Waals surface area contributed by atoms with Crippen LogP contribution in [-0.4, -0.2) is 40.1 Å². The lowest BCUT2D eigenvalue weighted by Gasteiger charge is -2.30. The van der Waals surface area contributed by atoms with E-state index in [0.29, 0.717) is 35.6 Å². The number of hydrogen-bond acceptors (Lipinski definition) is 4. The van der Waals surface area contributed by atoms with E-state index >= 15 is 0 Å². The number of aromatic nitrogens is 1. The van der Waals surface area contributed by atoms with Crippen LogP contribution in [0.25, 0.3) is 11.1 Å². The molecule has 100 valence electrons. The molecule has 1 fully saturated rings. The van der Waals surface area contributed by atoms with Crippen LogP contribution < -0.4 is 0 Å². The van der Waals surface area contributed by atoms with Crippen LogP contribution in [0.4, 0.5) is 0 Å². The average Bonchev–Trinajstić information content (AvgIpc) is 2.76. The Morgan fingerprint density at radius 2 is 2.37 bits per heavy atom. The van der Waals surface area contributed by atoms with Crippen LogP contribution >= 0.6 is 0 Å². The molecule has 3 rings (SSSR count). The summed E-state index contributed by atoms with van der Waals surface area (Å²) >= 11 is 0. The first-order valence-corrected chi connectivity index (χ1v) is 6.48. The summed E-state index contributed by atoms with van der Waals surface area (Å²) in [5.41, 5.74) is 1.98. The zero-order valence-corrected chi connectivity index (χ0v) is 10.8. The second kappa shape index (κ2) is 4.66. The Labute approximate surface area is 110 Å². The normalized spacial score (nSPS) is 19.9. The lowest BCUT2D eigenvalue weighted by atomic mass is 10.1. The number of carbonyl (C=O) groups is 1. The van der Waals surface area contributed by atoms with Crippen LogP contribution in [0.1, 0.15) is 29.1 Å². The maximum atomic E-state index is 12.4. The van der Waals surface area contributed by atoms with E-state index in [4.69, 9.17) is 4.42 Å². The number of rotatable bonds is 1. The van der Waals surface area contributed by atoms with Gasteiger partial charge >= 0.3 is 0 Å². The summed E-state index contributed by atoms with van der Waals surface area (Å²) in [6.45, 7) is 2.89. The summed E-state index contributed by atoms with van der Waals surface area (Å²) in [6, 6.07) is 5.26. The van der Waals surface area contributed by atoms with Crippen molar-refractivity contribution < 1.29 is 14.3 Å². The number of hydrogen-bond donors (Lipinski definition) is 1. The molecule has 1 aliphatic heterocycles. The van der Waals surface area contributed by atoms with Crippen molar-refractivity contribution in [1.29, 1.82) is 0 Å². The van der Waals surface area contributed by atoms with E-state index in [2.05, 4.69) is 4.98 Å². The molecule has 1 saturated heterocycles. The number of aliphatic hydroxyl groups is 1. The number of likely N-dealkylation sites (tertiary alicyclic amines) is 1. The molecule has 0 bridgehead atoms. The second-order valence-corrected chi connectivity index (χ2v) is 4.96. The Kier molecular flexibility index (Phi) is 2.98. The van der Waals surface area contributed by atoms with E-state index in [1.807, 2.05) is 0 Å². The average molecular weight is 260 g/mol. The summed E-state index contributed by atoms with van der Waals surface area (Å²) < 4.78 is 5.39. The molecule has 0 radical (unpaired) electrons. The third kappa shape index (κ3) is 2.33. The highest BCUT2D eigenvalue weighted by molar-refractivity contribution is 5.97. The number of aliphatic hydroxyl groups excluding tert-OH is 1. The Morgan fingerprint density at radius 1 is 1.53 bits per heavy atom. The van der Waals surface area contributed by atoms with Gasteiger partial charge in [-0.3, -0.25) is 4.79 Å². The predicted molar refractivity (Wildman–Crippen MR) is 69.9 cm³/mol. The van der Waals surface area contributed by atoms with Crippen molar-refractivity contribution in [3.05, 3.63) is 29.7 Å². The van der Waals surface area contributed by atoms with Crippen molar-refractivity contribution in [3.8, 4) is 0 Å². The van der Waals surface area contributed by atoms with Gasteiger partial charge < -0.3 is 14.4 Å². The molecule has 1 atom stereocenters. The van der Waals surface area contributed by atoms with Gasteiger partial charge in [0.25, 0.3) is 5.91 Å². The van der Waals surface area contributed by atoms with E-state index in [1.165, 1.54) is 0 Å². The number of carbonyl (C=O) groups excluding carboxylic acids is 1. The third-order valence-electron chi connectivity index (χ3n) is 3.43. The third-order valence-corrected chi connectivity index (χ3v) is 3.43. The van der Waals surface area contributed by atoms with Gasteiger partial charge in [0.15, 0.2) is 11.5 Å². The van der Waals surface area contributed by atoms with Crippen LogP contribution in [0, 0.1) is 6.92 Å². The molecule has 1 unspecified atom stereocenters. The van der Waals surface area contributed by atoms with Gasteiger partial charge in [-0.1, -0.05) is 0 Å². The zero-order chi connectivity index (χ0) is 13.4. The molecule has 19 heavy (non-hydrogen) atoms. The van der Waals surface area contributed by atoms with Crippen LogP contribution in [-0.2, 0) is 0 Å². The Bertz CT molecular complexity index is 620. The standard InChI is InChI=1S/C14H16N2O3/c1-9-15-12-7-10(4-5-13(12)19-9)14(18)16-6-2-3-11(17)8-16/h4-5,7,11,17H,2-3,6,8H2,1H3. The molecule has 1 amide bonds. The van der Waals surface area contributed by atoms with Gasteiger partial charge in [0.2, 0.25) is 0 Å². The predicted octanol–water partition coefficient (Wildman–Crippen LogP) is 1.73. The SMILES string of the molecule is Cc1nc2cc(C(=O)N3CCCC(O)C3)ccc2o1. The number of nitrogens with zero attached hydrogens (tertiary/aromatic N) is 2. The molecular formula is C14H16N2O3. The van der Waals surface area contributed by atoms with E-state index in [9.17, 15) is 9.90 Å². The monoisotopic (exact) mass is 260 g/mol. The van der Waals surface area contributed by atoms with Crippen molar-refractivity contribution in [1.82, 2.24) is 9.88 Å². The van der Waals surface area contributed by atoms with Crippen LogP contribution in [0.5, 0.6) is 0 Å². The topological polar surface area (TPSA) is 66.6 Å². The highest BCUT2D eigenvalue weighted by Crippen LogP contribution is 2.19. The minimum absolute atomic E-state index is 0.0543. The molecule has 2 heterocycles. The Hall–Kier alpha value is -1.88. The van der Waals surface area contributed by atoms with Gasteiger partial charge in [0, 0.05) is 25.6 Å². The first-order valence-electron chi connectivity index (χ1n) is 6.48. The number of β-amino-alcohol motifs (C(OH)–C–C–N with tert-alkyl or cyclic N) is 1. The molecule has 1 aromatic carbocycles. The van der Waals surface area contributed by atoms with E-state index in [1.54, 1.807) is 30.0 Å². The summed E-state index contributed by atoms with van der Waals surface area (Å²) in [4.78, 5) is 18.3. The number of benzene rings is 1. The van der Waals surface area contributed by atoms with Gasteiger partial charge in [-0.2, -0.15) is 0 Å². The van der Waals surface area contributed by atoms with Gasteiger partial charge in [0.05, 0.1) is 6.10 Å². The number of piperidine rings is 1. The van der Waals surface area contributed by atoms with Gasteiger partial charge in [-0.05, 0) is 31.0 Å². The lowest BCUT2D eigenvalue weighted by Crippen LogP contribution is -2.42. The highest BCUT2D eigenvalue weighted by Gasteiger charge is 2.23. The molecule has 0 aliphatic carbocycles. The number of fused-ring (bicyclic) bond motifs is 1. The molecule has 1 aliphatic rings. The van der Waals surface area contributed by atoms with Crippen molar-refractivity contribution >= 4 is 17.0 Å². The quantitative estimate of drug-likeness (QED) is 0.848. The van der Waals surface area contributed by atoms with E-state index in [0.717, 1.165) is 12.8 Å². The van der Waals surface area contributed by atoms with Crippen molar-refractivity contribution in [2.24, 2.45) is 0 Å². The summed E-state index contributed by atoms with van der Waals surface area (Å²) in [5, 5.41) is 9.63. The highest BCUT2D eigenvalue weighted by atomic mass is 16.3. The lowest BCUT2D eigenvalue weighted by molar-refractivity contribution is 0.0474. The zero-order valence-electron chi connectivity index (χ0n) is 10.8. The van der Waals surface area contributed by atoms with Crippen molar-refractivity contribution in [3.63, 3.8) is 0 Å². The van der Waals surface area contributed by atoms with Crippen LogP contribution in [0.3, 0.4) is 0 Å². The molecule has 2 aromatic rings. The first-order chi connectivity index (χ1) is 9.13. The molecule has 5 nitrogen and oxygen atoms in total. The fraction of sp³-hybridized carbons (Fsp3) is 0.429. The summed E-state index contributed by atoms with van der Waals surface area (Å²) in [6.07, 6.45) is 1.21. The molecule has 0 saturated carbocycles. The molecule has 5 heteroatoms. The van der Waals surface area contributed by atoms with Gasteiger partial charge in [-0.25, -0.2) is 4.98 Å². The van der Waals surface area contributed by atoms with Crippen molar-refractivity contribution in [2.45, 2.75) is 25.9 Å². The largest absolute Gasteiger partial charge is 0.441 e. The smallest absolute Gasteiger partial charge is 0.254 e. The molecule has 1 N–H and O–H groups in total. The molecule has 0 spiro atoms. The Morgan fingerprint density at radius 3 is 3.16 bits per heavy atom. The minimum atomic E-state index is -0.407. The fourth-order valence-electron chi connectivity index (χ4n) is 2.50. The van der Waals surface area contributed by atoms with Crippen LogP contribution in [0.2, 0.25) is 0 Å². The van der Waals surface area contributed by atoms with Gasteiger partial charge in [-0.15, -0.1) is 0 Å². The summed E-state index contributed by atoms with van der Waals surface area (Å²) in [5.74, 6) is 0.536.